The summed E-state index contributed by atoms with van der Waals surface area (Å²) in [6, 6.07) is 2.75. The highest BCUT2D eigenvalue weighted by molar-refractivity contribution is 7.18. The Hall–Kier alpha value is -1.40. The largest absolute Gasteiger partial charge is 0.357 e. The van der Waals surface area contributed by atoms with Gasteiger partial charge in [0.1, 0.15) is 10.6 Å². The number of anilines is 2. The predicted octanol–water partition coefficient (Wildman–Crippen LogP) is 2.18. The van der Waals surface area contributed by atoms with Crippen LogP contribution in [0.4, 0.5) is 11.8 Å². The maximum atomic E-state index is 4.71. The number of aryl methyl sites for hydroxylation is 1. The lowest BCUT2D eigenvalue weighted by Gasteiger charge is -2.38. The van der Waals surface area contributed by atoms with Crippen molar-refractivity contribution in [3.63, 3.8) is 0 Å². The molecule has 6 heteroatoms. The van der Waals surface area contributed by atoms with Crippen LogP contribution in [-0.2, 0) is 0 Å². The molecule has 20 heavy (non-hydrogen) atoms. The number of rotatable bonds is 2. The smallest absolute Gasteiger partial charge is 0.225 e. The van der Waals surface area contributed by atoms with Gasteiger partial charge < -0.3 is 15.1 Å². The molecule has 1 fully saturated rings. The van der Waals surface area contributed by atoms with Gasteiger partial charge in [-0.3, -0.25) is 0 Å². The standard InChI is InChI=1S/C14H21N5S/c1-9-8-19(6-5-18(9)4)12-11-7-10(2)20-13(11)17-14(15-3)16-12/h7,9H,5-6,8H2,1-4H3,(H,15,16,17). The molecule has 1 saturated heterocycles. The van der Waals surface area contributed by atoms with Gasteiger partial charge in [-0.1, -0.05) is 0 Å². The second-order valence-electron chi connectivity index (χ2n) is 5.47. The van der Waals surface area contributed by atoms with E-state index in [4.69, 9.17) is 4.98 Å². The first-order valence-corrected chi connectivity index (χ1v) is 7.81. The maximum absolute atomic E-state index is 4.71. The Bertz CT molecular complexity index is 623. The van der Waals surface area contributed by atoms with E-state index in [1.807, 2.05) is 7.05 Å². The molecule has 0 bridgehead atoms. The second-order valence-corrected chi connectivity index (χ2v) is 6.71. The van der Waals surface area contributed by atoms with Crippen LogP contribution in [0.3, 0.4) is 0 Å². The fourth-order valence-electron chi connectivity index (χ4n) is 2.62. The Morgan fingerprint density at radius 1 is 1.35 bits per heavy atom. The van der Waals surface area contributed by atoms with Crippen molar-refractivity contribution in [2.24, 2.45) is 0 Å². The van der Waals surface area contributed by atoms with Crippen LogP contribution < -0.4 is 10.2 Å². The molecule has 3 rings (SSSR count). The van der Waals surface area contributed by atoms with Crippen LogP contribution in [0.25, 0.3) is 10.2 Å². The summed E-state index contributed by atoms with van der Waals surface area (Å²) in [5.74, 6) is 1.78. The third-order valence-electron chi connectivity index (χ3n) is 3.98. The fraction of sp³-hybridized carbons (Fsp3) is 0.571. The van der Waals surface area contributed by atoms with Crippen LogP contribution in [0, 0.1) is 6.92 Å². The second kappa shape index (κ2) is 5.18. The minimum Gasteiger partial charge on any atom is -0.357 e. The molecule has 0 radical (unpaired) electrons. The van der Waals surface area contributed by atoms with E-state index in [1.165, 1.54) is 10.3 Å². The van der Waals surface area contributed by atoms with E-state index in [0.29, 0.717) is 12.0 Å². The number of thiophene rings is 1. The topological polar surface area (TPSA) is 44.3 Å². The lowest BCUT2D eigenvalue weighted by atomic mass is 10.2. The molecule has 108 valence electrons. The highest BCUT2D eigenvalue weighted by Crippen LogP contribution is 2.32. The summed E-state index contributed by atoms with van der Waals surface area (Å²) in [5.41, 5.74) is 0. The molecule has 1 N–H and O–H groups in total. The number of fused-ring (bicyclic) bond motifs is 1. The van der Waals surface area contributed by atoms with Crippen molar-refractivity contribution < 1.29 is 0 Å². The SMILES string of the molecule is CNc1nc(N2CCN(C)C(C)C2)c2cc(C)sc2n1. The average Bonchev–Trinajstić information content (AvgIpc) is 2.80. The Labute approximate surface area is 123 Å². The molecule has 5 nitrogen and oxygen atoms in total. The summed E-state index contributed by atoms with van der Waals surface area (Å²) in [5, 5.41) is 4.26. The summed E-state index contributed by atoms with van der Waals surface area (Å²) in [6.45, 7) is 7.50. The lowest BCUT2D eigenvalue weighted by Crippen LogP contribution is -2.50. The number of aromatic nitrogens is 2. The molecule has 0 spiro atoms. The van der Waals surface area contributed by atoms with E-state index in [9.17, 15) is 0 Å². The molecule has 3 heterocycles. The third-order valence-corrected chi connectivity index (χ3v) is 4.92. The Morgan fingerprint density at radius 3 is 2.85 bits per heavy atom. The summed E-state index contributed by atoms with van der Waals surface area (Å²) >= 11 is 1.73. The zero-order valence-corrected chi connectivity index (χ0v) is 13.3. The van der Waals surface area contributed by atoms with E-state index < -0.39 is 0 Å². The number of hydrogen-bond donors (Lipinski definition) is 1. The van der Waals surface area contributed by atoms with Crippen molar-refractivity contribution in [2.45, 2.75) is 19.9 Å². The summed E-state index contributed by atoms with van der Waals surface area (Å²) < 4.78 is 0. The quantitative estimate of drug-likeness (QED) is 0.919. The first kappa shape index (κ1) is 13.6. The zero-order chi connectivity index (χ0) is 14.3. The van der Waals surface area contributed by atoms with Crippen molar-refractivity contribution in [3.8, 4) is 0 Å². The zero-order valence-electron chi connectivity index (χ0n) is 12.5. The van der Waals surface area contributed by atoms with Gasteiger partial charge in [0, 0.05) is 37.6 Å². The highest BCUT2D eigenvalue weighted by atomic mass is 32.1. The Kier molecular flexibility index (Phi) is 3.52. The van der Waals surface area contributed by atoms with Gasteiger partial charge in [0.15, 0.2) is 0 Å². The van der Waals surface area contributed by atoms with Gasteiger partial charge in [0.25, 0.3) is 0 Å². The van der Waals surface area contributed by atoms with Gasteiger partial charge in [-0.15, -0.1) is 11.3 Å². The van der Waals surface area contributed by atoms with Gasteiger partial charge >= 0.3 is 0 Å². The molecule has 0 amide bonds. The minimum absolute atomic E-state index is 0.548. The van der Waals surface area contributed by atoms with E-state index in [2.05, 4.69) is 47.1 Å². The minimum atomic E-state index is 0.548. The molecular formula is C14H21N5S. The van der Waals surface area contributed by atoms with E-state index in [1.54, 1.807) is 11.3 Å². The molecular weight excluding hydrogens is 270 g/mol. The normalized spacial score (nSPS) is 20.6. The van der Waals surface area contributed by atoms with Crippen LogP contribution in [-0.4, -0.2) is 54.6 Å². The molecule has 2 aromatic rings. The van der Waals surface area contributed by atoms with E-state index in [-0.39, 0.29) is 0 Å². The van der Waals surface area contributed by atoms with Crippen LogP contribution in [0.2, 0.25) is 0 Å². The predicted molar refractivity (Wildman–Crippen MR) is 86.0 cm³/mol. The third kappa shape index (κ3) is 2.33. The fourth-order valence-corrected chi connectivity index (χ4v) is 3.49. The Balaban J connectivity index is 2.05. The highest BCUT2D eigenvalue weighted by Gasteiger charge is 2.24. The average molecular weight is 291 g/mol. The van der Waals surface area contributed by atoms with Crippen LogP contribution in [0.15, 0.2) is 6.07 Å². The molecule has 0 saturated carbocycles. The number of hydrogen-bond acceptors (Lipinski definition) is 6. The molecule has 1 aliphatic rings. The number of nitrogens with zero attached hydrogens (tertiary/aromatic N) is 4. The Morgan fingerprint density at radius 2 is 2.15 bits per heavy atom. The van der Waals surface area contributed by atoms with Gasteiger partial charge in [-0.2, -0.15) is 4.98 Å². The summed E-state index contributed by atoms with van der Waals surface area (Å²) in [4.78, 5) is 16.4. The van der Waals surface area contributed by atoms with Crippen molar-refractivity contribution >= 4 is 33.3 Å². The van der Waals surface area contributed by atoms with Crippen LogP contribution in [0.1, 0.15) is 11.8 Å². The molecule has 1 atom stereocenters. The molecule has 0 aromatic carbocycles. The first-order chi connectivity index (χ1) is 9.58. The number of piperazine rings is 1. The van der Waals surface area contributed by atoms with Crippen molar-refractivity contribution in [3.05, 3.63) is 10.9 Å². The maximum Gasteiger partial charge on any atom is 0.225 e. The van der Waals surface area contributed by atoms with Gasteiger partial charge in [-0.25, -0.2) is 4.98 Å². The van der Waals surface area contributed by atoms with Crippen molar-refractivity contribution in [2.75, 3.05) is 43.9 Å². The first-order valence-electron chi connectivity index (χ1n) is 6.99. The number of likely N-dealkylation sites (N-methyl/N-ethyl adjacent to an activating group) is 1. The lowest BCUT2D eigenvalue weighted by molar-refractivity contribution is 0.233. The summed E-state index contributed by atoms with van der Waals surface area (Å²) in [7, 11) is 4.06. The van der Waals surface area contributed by atoms with Crippen LogP contribution in [0.5, 0.6) is 0 Å². The monoisotopic (exact) mass is 291 g/mol. The van der Waals surface area contributed by atoms with Crippen molar-refractivity contribution in [1.82, 2.24) is 14.9 Å². The summed E-state index contributed by atoms with van der Waals surface area (Å²) in [6.07, 6.45) is 0. The molecule has 2 aromatic heterocycles. The molecule has 1 aliphatic heterocycles. The van der Waals surface area contributed by atoms with E-state index in [0.717, 1.165) is 30.3 Å². The van der Waals surface area contributed by atoms with Gasteiger partial charge in [0.05, 0.1) is 5.39 Å². The van der Waals surface area contributed by atoms with E-state index >= 15 is 0 Å². The molecule has 0 aliphatic carbocycles. The molecule has 1 unspecified atom stereocenters. The van der Waals surface area contributed by atoms with Crippen molar-refractivity contribution in [1.29, 1.82) is 0 Å². The van der Waals surface area contributed by atoms with Crippen LogP contribution >= 0.6 is 11.3 Å². The van der Waals surface area contributed by atoms with Gasteiger partial charge in [0.2, 0.25) is 5.95 Å². The van der Waals surface area contributed by atoms with Gasteiger partial charge in [-0.05, 0) is 27.0 Å². The number of nitrogens with one attached hydrogen (secondary N) is 1.